The van der Waals surface area contributed by atoms with Crippen LogP contribution in [0.5, 0.6) is 0 Å². The fraction of sp³-hybridized carbons (Fsp3) is 0.214. The summed E-state index contributed by atoms with van der Waals surface area (Å²) in [6, 6.07) is 5.71. The number of carboxylic acids is 1. The molecule has 104 valence electrons. The van der Waals surface area contributed by atoms with Gasteiger partial charge in [0.25, 0.3) is 0 Å². The number of anilines is 1. The van der Waals surface area contributed by atoms with Crippen LogP contribution in [0.15, 0.2) is 24.3 Å². The van der Waals surface area contributed by atoms with Gasteiger partial charge >= 0.3 is 12.0 Å². The Kier molecular flexibility index (Phi) is 5.30. The van der Waals surface area contributed by atoms with Crippen molar-refractivity contribution in [3.8, 4) is 12.3 Å². The van der Waals surface area contributed by atoms with Gasteiger partial charge in [-0.15, -0.1) is 6.42 Å². The molecular formula is C14H14N2O4. The normalized spacial score (nSPS) is 9.40. The highest BCUT2D eigenvalue weighted by molar-refractivity contribution is 5.97. The molecule has 0 atom stereocenters. The van der Waals surface area contributed by atoms with Crippen LogP contribution in [0.3, 0.4) is 0 Å². The minimum atomic E-state index is -1.16. The van der Waals surface area contributed by atoms with Crippen LogP contribution in [-0.2, 0) is 4.79 Å². The average molecular weight is 274 g/mol. The minimum Gasteiger partial charge on any atom is -0.480 e. The summed E-state index contributed by atoms with van der Waals surface area (Å²) in [4.78, 5) is 34.8. The van der Waals surface area contributed by atoms with Crippen LogP contribution < -0.4 is 5.32 Å². The number of benzene rings is 1. The Morgan fingerprint density at radius 1 is 1.40 bits per heavy atom. The lowest BCUT2D eigenvalue weighted by Crippen LogP contribution is -2.39. The van der Waals surface area contributed by atoms with E-state index in [1.807, 2.05) is 0 Å². The van der Waals surface area contributed by atoms with Gasteiger partial charge in [-0.3, -0.25) is 9.59 Å². The highest BCUT2D eigenvalue weighted by Crippen LogP contribution is 2.12. The Bertz CT molecular complexity index is 575. The topological polar surface area (TPSA) is 86.7 Å². The van der Waals surface area contributed by atoms with Crippen LogP contribution in [0.4, 0.5) is 10.5 Å². The molecule has 0 unspecified atom stereocenters. The second-order valence-corrected chi connectivity index (χ2v) is 4.02. The molecule has 6 heteroatoms. The first-order valence-corrected chi connectivity index (χ1v) is 5.76. The van der Waals surface area contributed by atoms with Gasteiger partial charge in [0.1, 0.15) is 6.54 Å². The van der Waals surface area contributed by atoms with Gasteiger partial charge in [-0.1, -0.05) is 18.1 Å². The van der Waals surface area contributed by atoms with Crippen molar-refractivity contribution in [3.05, 3.63) is 29.8 Å². The summed E-state index contributed by atoms with van der Waals surface area (Å²) in [6.07, 6.45) is 5.09. The molecule has 6 nitrogen and oxygen atoms in total. The monoisotopic (exact) mass is 274 g/mol. The summed E-state index contributed by atoms with van der Waals surface area (Å²) >= 11 is 0. The Labute approximate surface area is 116 Å². The van der Waals surface area contributed by atoms with Crippen LogP contribution in [-0.4, -0.2) is 40.9 Å². The first-order chi connectivity index (χ1) is 9.43. The van der Waals surface area contributed by atoms with E-state index in [-0.39, 0.29) is 12.3 Å². The van der Waals surface area contributed by atoms with Gasteiger partial charge in [-0.05, 0) is 19.1 Å². The maximum atomic E-state index is 11.9. The smallest absolute Gasteiger partial charge is 0.323 e. The van der Waals surface area contributed by atoms with Crippen LogP contribution >= 0.6 is 0 Å². The van der Waals surface area contributed by atoms with Gasteiger partial charge < -0.3 is 15.3 Å². The number of hydrogen-bond donors (Lipinski definition) is 2. The highest BCUT2D eigenvalue weighted by atomic mass is 16.4. The van der Waals surface area contributed by atoms with E-state index < -0.39 is 18.5 Å². The number of carbonyl (C=O) groups is 3. The largest absolute Gasteiger partial charge is 0.480 e. The Hall–Kier alpha value is -2.81. The SMILES string of the molecule is C#CCN(CC(=O)O)C(=O)Nc1cccc(C(C)=O)c1. The lowest BCUT2D eigenvalue weighted by atomic mass is 10.1. The molecule has 2 amide bonds. The van der Waals surface area contributed by atoms with E-state index in [1.54, 1.807) is 18.2 Å². The number of carboxylic acid groups (broad SMARTS) is 1. The molecular weight excluding hydrogens is 260 g/mol. The molecule has 1 aromatic rings. The van der Waals surface area contributed by atoms with Gasteiger partial charge in [-0.2, -0.15) is 0 Å². The number of urea groups is 1. The van der Waals surface area contributed by atoms with Crippen LogP contribution in [0.25, 0.3) is 0 Å². The van der Waals surface area contributed by atoms with Gasteiger partial charge in [-0.25, -0.2) is 4.79 Å². The fourth-order valence-electron chi connectivity index (χ4n) is 1.49. The number of amides is 2. The van der Waals surface area contributed by atoms with E-state index in [4.69, 9.17) is 11.5 Å². The molecule has 0 saturated carbocycles. The lowest BCUT2D eigenvalue weighted by molar-refractivity contribution is -0.137. The van der Waals surface area contributed by atoms with Crippen molar-refractivity contribution in [1.82, 2.24) is 4.90 Å². The molecule has 0 spiro atoms. The molecule has 0 aliphatic rings. The number of hydrogen-bond acceptors (Lipinski definition) is 3. The first kappa shape index (κ1) is 15.2. The molecule has 0 fully saturated rings. The fourth-order valence-corrected chi connectivity index (χ4v) is 1.49. The van der Waals surface area contributed by atoms with E-state index >= 15 is 0 Å². The predicted molar refractivity (Wildman–Crippen MR) is 73.5 cm³/mol. The third-order valence-electron chi connectivity index (χ3n) is 2.42. The second-order valence-electron chi connectivity index (χ2n) is 4.02. The number of nitrogens with one attached hydrogen (secondary N) is 1. The van der Waals surface area contributed by atoms with Crippen LogP contribution in [0, 0.1) is 12.3 Å². The van der Waals surface area contributed by atoms with E-state index in [2.05, 4.69) is 11.2 Å². The number of ketones is 1. The van der Waals surface area contributed by atoms with Gasteiger partial charge in [0.05, 0.1) is 6.54 Å². The number of terminal acetylenes is 1. The molecule has 0 bridgehead atoms. The molecule has 0 radical (unpaired) electrons. The van der Waals surface area contributed by atoms with E-state index in [9.17, 15) is 14.4 Å². The van der Waals surface area contributed by atoms with E-state index in [0.29, 0.717) is 11.3 Å². The van der Waals surface area contributed by atoms with Crippen molar-refractivity contribution in [2.24, 2.45) is 0 Å². The van der Waals surface area contributed by atoms with Crippen molar-refractivity contribution >= 4 is 23.5 Å². The Morgan fingerprint density at radius 2 is 2.10 bits per heavy atom. The van der Waals surface area contributed by atoms with Gasteiger partial charge in [0.2, 0.25) is 0 Å². The first-order valence-electron chi connectivity index (χ1n) is 5.76. The minimum absolute atomic E-state index is 0.121. The highest BCUT2D eigenvalue weighted by Gasteiger charge is 2.16. The number of carbonyl (C=O) groups excluding carboxylic acids is 2. The van der Waals surface area contributed by atoms with E-state index in [1.165, 1.54) is 13.0 Å². The molecule has 0 aromatic heterocycles. The average Bonchev–Trinajstić information content (AvgIpc) is 2.38. The number of aliphatic carboxylic acids is 1. The van der Waals surface area contributed by atoms with Crippen molar-refractivity contribution < 1.29 is 19.5 Å². The molecule has 2 N–H and O–H groups in total. The Morgan fingerprint density at radius 3 is 2.65 bits per heavy atom. The summed E-state index contributed by atoms with van der Waals surface area (Å²) in [7, 11) is 0. The van der Waals surface area contributed by atoms with E-state index in [0.717, 1.165) is 4.90 Å². The zero-order valence-corrected chi connectivity index (χ0v) is 10.9. The number of Topliss-reactive ketones (excluding diaryl/α,β-unsaturated/α-hetero) is 1. The zero-order chi connectivity index (χ0) is 15.1. The maximum absolute atomic E-state index is 11.9. The Balaban J connectivity index is 2.82. The van der Waals surface area contributed by atoms with Gasteiger partial charge in [0.15, 0.2) is 5.78 Å². The second kappa shape index (κ2) is 6.95. The molecule has 1 rings (SSSR count). The molecule has 1 aromatic carbocycles. The van der Waals surface area contributed by atoms with Crippen LogP contribution in [0.1, 0.15) is 17.3 Å². The number of rotatable bonds is 5. The molecule has 0 heterocycles. The quantitative estimate of drug-likeness (QED) is 0.628. The number of nitrogens with zero attached hydrogens (tertiary/aromatic N) is 1. The van der Waals surface area contributed by atoms with Crippen molar-refractivity contribution in [3.63, 3.8) is 0 Å². The third-order valence-corrected chi connectivity index (χ3v) is 2.42. The molecule has 0 aliphatic carbocycles. The summed E-state index contributed by atoms with van der Waals surface area (Å²) in [5.74, 6) is 0.925. The molecule has 20 heavy (non-hydrogen) atoms. The van der Waals surface area contributed by atoms with Crippen molar-refractivity contribution in [2.75, 3.05) is 18.4 Å². The molecule has 0 aliphatic heterocycles. The standard InChI is InChI=1S/C14H14N2O4/c1-3-7-16(9-13(18)19)14(20)15-12-6-4-5-11(8-12)10(2)17/h1,4-6,8H,7,9H2,2H3,(H,15,20)(H,18,19). The summed E-state index contributed by atoms with van der Waals surface area (Å²) in [6.45, 7) is 0.795. The van der Waals surface area contributed by atoms with Gasteiger partial charge in [0, 0.05) is 11.3 Å². The van der Waals surface area contributed by atoms with Crippen molar-refractivity contribution in [2.45, 2.75) is 6.92 Å². The predicted octanol–water partition coefficient (Wildman–Crippen LogP) is 1.44. The summed E-state index contributed by atoms with van der Waals surface area (Å²) < 4.78 is 0. The summed E-state index contributed by atoms with van der Waals surface area (Å²) in [5, 5.41) is 11.2. The molecule has 0 saturated heterocycles. The van der Waals surface area contributed by atoms with Crippen molar-refractivity contribution in [1.29, 1.82) is 0 Å². The van der Waals surface area contributed by atoms with Crippen LogP contribution in [0.2, 0.25) is 0 Å². The third kappa shape index (κ3) is 4.46. The lowest BCUT2D eigenvalue weighted by Gasteiger charge is -2.18. The maximum Gasteiger partial charge on any atom is 0.323 e. The summed E-state index contributed by atoms with van der Waals surface area (Å²) in [5.41, 5.74) is 0.847. The zero-order valence-electron chi connectivity index (χ0n) is 10.9.